The van der Waals surface area contributed by atoms with Crippen molar-refractivity contribution in [1.29, 1.82) is 0 Å². The summed E-state index contributed by atoms with van der Waals surface area (Å²) in [7, 11) is 0. The van der Waals surface area contributed by atoms with Gasteiger partial charge in [0.15, 0.2) is 0 Å². The summed E-state index contributed by atoms with van der Waals surface area (Å²) in [5.41, 5.74) is 1.19. The molecule has 0 radical (unpaired) electrons. The van der Waals surface area contributed by atoms with Crippen LogP contribution in [0.4, 0.5) is 5.69 Å². The molecule has 0 unspecified atom stereocenters. The van der Waals surface area contributed by atoms with E-state index in [1.165, 1.54) is 0 Å². The van der Waals surface area contributed by atoms with Crippen LogP contribution in [0.25, 0.3) is 10.9 Å². The van der Waals surface area contributed by atoms with Crippen molar-refractivity contribution < 1.29 is 5.11 Å². The third-order valence-electron chi connectivity index (χ3n) is 2.42. The van der Waals surface area contributed by atoms with Crippen LogP contribution in [0.5, 0.6) is 0 Å². The van der Waals surface area contributed by atoms with Gasteiger partial charge < -0.3 is 10.4 Å². The molecule has 0 bridgehead atoms. The van der Waals surface area contributed by atoms with E-state index >= 15 is 0 Å². The van der Waals surface area contributed by atoms with Crippen LogP contribution < -0.4 is 5.32 Å². The molecular weight excluding hydrogens is 280 g/mol. The summed E-state index contributed by atoms with van der Waals surface area (Å²) in [5, 5.41) is 14.0. The Morgan fingerprint density at radius 1 is 1.35 bits per heavy atom. The van der Waals surface area contributed by atoms with Gasteiger partial charge in [-0.3, -0.25) is 4.98 Å². The smallest absolute Gasteiger partial charge is 0.0763 e. The molecule has 0 saturated carbocycles. The summed E-state index contributed by atoms with van der Waals surface area (Å²) in [6.45, 7) is 4.06. The van der Waals surface area contributed by atoms with E-state index in [0.29, 0.717) is 6.54 Å². The number of nitrogens with zero attached hydrogens (tertiary/aromatic N) is 1. The van der Waals surface area contributed by atoms with Gasteiger partial charge in [-0.2, -0.15) is 0 Å². The van der Waals surface area contributed by atoms with Crippen LogP contribution in [-0.4, -0.2) is 22.2 Å². The van der Waals surface area contributed by atoms with Gasteiger partial charge in [-0.1, -0.05) is 15.9 Å². The standard InChI is InChI=1S/C13H15BrN2O/c1-13(2,17)8-16-11-5-6-15-12-7-9(14)3-4-10(11)12/h3-7,17H,8H2,1-2H3,(H,15,16). The van der Waals surface area contributed by atoms with E-state index in [9.17, 15) is 5.11 Å². The Morgan fingerprint density at radius 3 is 2.82 bits per heavy atom. The fraction of sp³-hybridized carbons (Fsp3) is 0.308. The van der Waals surface area contributed by atoms with E-state index in [2.05, 4.69) is 26.2 Å². The van der Waals surface area contributed by atoms with Gasteiger partial charge in [0.1, 0.15) is 0 Å². The molecule has 0 aliphatic heterocycles. The van der Waals surface area contributed by atoms with Crippen molar-refractivity contribution in [1.82, 2.24) is 4.98 Å². The number of nitrogens with one attached hydrogen (secondary N) is 1. The van der Waals surface area contributed by atoms with Crippen LogP contribution in [0.2, 0.25) is 0 Å². The van der Waals surface area contributed by atoms with E-state index in [0.717, 1.165) is 21.1 Å². The average molecular weight is 295 g/mol. The molecular formula is C13H15BrN2O. The van der Waals surface area contributed by atoms with Gasteiger partial charge in [-0.25, -0.2) is 0 Å². The molecule has 4 heteroatoms. The van der Waals surface area contributed by atoms with Crippen molar-refractivity contribution in [3.05, 3.63) is 34.9 Å². The number of aromatic nitrogens is 1. The van der Waals surface area contributed by atoms with Crippen LogP contribution >= 0.6 is 15.9 Å². The van der Waals surface area contributed by atoms with Crippen LogP contribution in [0.1, 0.15) is 13.8 Å². The van der Waals surface area contributed by atoms with Crippen molar-refractivity contribution in [2.45, 2.75) is 19.4 Å². The van der Waals surface area contributed by atoms with E-state index in [1.807, 2.05) is 24.3 Å². The monoisotopic (exact) mass is 294 g/mol. The van der Waals surface area contributed by atoms with Crippen molar-refractivity contribution in [2.75, 3.05) is 11.9 Å². The number of pyridine rings is 1. The summed E-state index contributed by atoms with van der Waals surface area (Å²) in [6, 6.07) is 7.89. The number of hydrogen-bond donors (Lipinski definition) is 2. The summed E-state index contributed by atoms with van der Waals surface area (Å²) in [4.78, 5) is 4.31. The van der Waals surface area contributed by atoms with Gasteiger partial charge in [0.2, 0.25) is 0 Å². The highest BCUT2D eigenvalue weighted by molar-refractivity contribution is 9.10. The van der Waals surface area contributed by atoms with E-state index in [1.54, 1.807) is 20.0 Å². The van der Waals surface area contributed by atoms with Gasteiger partial charge in [0.05, 0.1) is 11.1 Å². The molecule has 17 heavy (non-hydrogen) atoms. The second-order valence-corrected chi connectivity index (χ2v) is 5.60. The van der Waals surface area contributed by atoms with Crippen LogP contribution in [0, 0.1) is 0 Å². The first kappa shape index (κ1) is 12.3. The van der Waals surface area contributed by atoms with E-state index in [-0.39, 0.29) is 0 Å². The maximum Gasteiger partial charge on any atom is 0.0763 e. The minimum Gasteiger partial charge on any atom is -0.389 e. The lowest BCUT2D eigenvalue weighted by atomic mass is 10.1. The molecule has 0 saturated heterocycles. The Labute approximate surface area is 109 Å². The Kier molecular flexibility index (Phi) is 3.35. The van der Waals surface area contributed by atoms with Gasteiger partial charge >= 0.3 is 0 Å². The lowest BCUT2D eigenvalue weighted by Crippen LogP contribution is -2.29. The SMILES string of the molecule is CC(C)(O)CNc1ccnc2cc(Br)ccc12. The van der Waals surface area contributed by atoms with Crippen molar-refractivity contribution in [3.63, 3.8) is 0 Å². The molecule has 1 aromatic carbocycles. The molecule has 0 atom stereocenters. The predicted octanol–water partition coefficient (Wildman–Crippen LogP) is 3.18. The Bertz CT molecular complexity index is 534. The fourth-order valence-electron chi connectivity index (χ4n) is 1.59. The number of hydrogen-bond acceptors (Lipinski definition) is 3. The Hall–Kier alpha value is -1.13. The summed E-state index contributed by atoms with van der Waals surface area (Å²) < 4.78 is 1.01. The molecule has 1 heterocycles. The van der Waals surface area contributed by atoms with Crippen molar-refractivity contribution in [2.24, 2.45) is 0 Å². The summed E-state index contributed by atoms with van der Waals surface area (Å²) in [6.07, 6.45) is 1.77. The van der Waals surface area contributed by atoms with Gasteiger partial charge in [0.25, 0.3) is 0 Å². The molecule has 2 aromatic rings. The van der Waals surface area contributed by atoms with Crippen LogP contribution in [0.3, 0.4) is 0 Å². The molecule has 0 aliphatic carbocycles. The first-order chi connectivity index (χ1) is 7.96. The Morgan fingerprint density at radius 2 is 2.12 bits per heavy atom. The number of halogens is 1. The normalized spacial score (nSPS) is 11.8. The highest BCUT2D eigenvalue weighted by Crippen LogP contribution is 2.24. The molecule has 0 fully saturated rings. The minimum absolute atomic E-state index is 0.502. The van der Waals surface area contributed by atoms with Gasteiger partial charge in [-0.15, -0.1) is 0 Å². The molecule has 0 aliphatic rings. The molecule has 0 spiro atoms. The quantitative estimate of drug-likeness (QED) is 0.914. The lowest BCUT2D eigenvalue weighted by molar-refractivity contribution is 0.0945. The zero-order valence-electron chi connectivity index (χ0n) is 9.87. The molecule has 0 amide bonds. The van der Waals surface area contributed by atoms with E-state index in [4.69, 9.17) is 0 Å². The topological polar surface area (TPSA) is 45.1 Å². The minimum atomic E-state index is -0.731. The largest absolute Gasteiger partial charge is 0.389 e. The highest BCUT2D eigenvalue weighted by atomic mass is 79.9. The van der Waals surface area contributed by atoms with Gasteiger partial charge in [0, 0.05) is 28.3 Å². The van der Waals surface area contributed by atoms with Crippen LogP contribution in [-0.2, 0) is 0 Å². The Balaban J connectivity index is 2.34. The number of benzene rings is 1. The third kappa shape index (κ3) is 3.17. The maximum atomic E-state index is 9.71. The zero-order chi connectivity index (χ0) is 12.5. The van der Waals surface area contributed by atoms with Crippen molar-refractivity contribution >= 4 is 32.5 Å². The molecule has 2 rings (SSSR count). The molecule has 1 aromatic heterocycles. The molecule has 90 valence electrons. The summed E-state index contributed by atoms with van der Waals surface area (Å²) >= 11 is 3.43. The van der Waals surface area contributed by atoms with E-state index < -0.39 is 5.60 Å². The first-order valence-corrected chi connectivity index (χ1v) is 6.25. The van der Waals surface area contributed by atoms with Gasteiger partial charge in [-0.05, 0) is 38.1 Å². The second kappa shape index (κ2) is 4.63. The second-order valence-electron chi connectivity index (χ2n) is 4.69. The molecule has 2 N–H and O–H groups in total. The fourth-order valence-corrected chi connectivity index (χ4v) is 1.94. The molecule has 3 nitrogen and oxygen atoms in total. The average Bonchev–Trinajstić information content (AvgIpc) is 2.24. The number of aliphatic hydroxyl groups is 1. The number of rotatable bonds is 3. The third-order valence-corrected chi connectivity index (χ3v) is 2.91. The zero-order valence-corrected chi connectivity index (χ0v) is 11.5. The highest BCUT2D eigenvalue weighted by Gasteiger charge is 2.12. The van der Waals surface area contributed by atoms with Crippen molar-refractivity contribution in [3.8, 4) is 0 Å². The summed E-state index contributed by atoms with van der Waals surface area (Å²) in [5.74, 6) is 0. The van der Waals surface area contributed by atoms with Crippen LogP contribution in [0.15, 0.2) is 34.9 Å². The first-order valence-electron chi connectivity index (χ1n) is 5.46. The maximum absolute atomic E-state index is 9.71. The number of fused-ring (bicyclic) bond motifs is 1. The number of anilines is 1. The lowest BCUT2D eigenvalue weighted by Gasteiger charge is -2.19. The predicted molar refractivity (Wildman–Crippen MR) is 74.2 cm³/mol.